The summed E-state index contributed by atoms with van der Waals surface area (Å²) in [6, 6.07) is 30.7. The van der Waals surface area contributed by atoms with Gasteiger partial charge in [0.1, 0.15) is 11.3 Å². The van der Waals surface area contributed by atoms with Crippen LogP contribution in [0.2, 0.25) is 0 Å². The fraction of sp³-hybridized carbons (Fsp3) is 0.356. The summed E-state index contributed by atoms with van der Waals surface area (Å²) < 4.78 is 5.52. The molecule has 11 nitrogen and oxygen atoms in total. The highest BCUT2D eigenvalue weighted by molar-refractivity contribution is 6.08. The normalized spacial score (nSPS) is 22.2. The van der Waals surface area contributed by atoms with Gasteiger partial charge in [-0.3, -0.25) is 19.3 Å². The Kier molecular flexibility index (Phi) is 10.2. The van der Waals surface area contributed by atoms with Crippen molar-refractivity contribution in [3.05, 3.63) is 131 Å². The Bertz CT molecular complexity index is 2150. The number of aliphatic hydroxyl groups is 2. The third-order valence-electron chi connectivity index (χ3n) is 12.2. The second kappa shape index (κ2) is 15.2. The van der Waals surface area contributed by atoms with Crippen LogP contribution >= 0.6 is 0 Å². The number of fused-ring (bicyclic) bond motifs is 2. The average Bonchev–Trinajstić information content (AvgIpc) is 3.63. The van der Waals surface area contributed by atoms with Gasteiger partial charge in [-0.2, -0.15) is 0 Å². The molecular formula is C45H49N5O6. The predicted molar refractivity (Wildman–Crippen MR) is 215 cm³/mol. The highest BCUT2D eigenvalue weighted by Crippen LogP contribution is 2.47. The van der Waals surface area contributed by atoms with Crippen LogP contribution in [0.15, 0.2) is 109 Å². The van der Waals surface area contributed by atoms with Crippen LogP contribution in [0.25, 0.3) is 0 Å². The lowest BCUT2D eigenvalue weighted by Gasteiger charge is -2.39. The molecule has 4 aliphatic rings. The Labute approximate surface area is 327 Å². The zero-order valence-electron chi connectivity index (χ0n) is 31.9. The van der Waals surface area contributed by atoms with Gasteiger partial charge in [-0.1, -0.05) is 73.7 Å². The molecule has 3 N–H and O–H groups in total. The van der Waals surface area contributed by atoms with Gasteiger partial charge in [0.15, 0.2) is 5.60 Å². The van der Waals surface area contributed by atoms with Crippen LogP contribution in [0, 0.1) is 5.92 Å². The quantitative estimate of drug-likeness (QED) is 0.196. The second-order valence-corrected chi connectivity index (χ2v) is 15.4. The molecule has 3 atom stereocenters. The Morgan fingerprint density at radius 3 is 2.41 bits per heavy atom. The van der Waals surface area contributed by atoms with Gasteiger partial charge in [-0.25, -0.2) is 0 Å². The molecule has 0 bridgehead atoms. The predicted octanol–water partition coefficient (Wildman–Crippen LogP) is 4.89. The molecule has 4 aliphatic heterocycles. The Morgan fingerprint density at radius 2 is 1.66 bits per heavy atom. The lowest BCUT2D eigenvalue weighted by atomic mass is 9.82. The van der Waals surface area contributed by atoms with Crippen molar-refractivity contribution < 1.29 is 29.3 Å². The molecule has 1 spiro atoms. The molecular weight excluding hydrogens is 707 g/mol. The lowest BCUT2D eigenvalue weighted by molar-refractivity contribution is -0.139. The molecule has 4 aromatic carbocycles. The minimum Gasteiger partial charge on any atom is -0.497 e. The summed E-state index contributed by atoms with van der Waals surface area (Å²) in [4.78, 5) is 49.7. The number of carbonyl (C=O) groups excluding carboxylic acids is 3. The summed E-state index contributed by atoms with van der Waals surface area (Å²) in [6.45, 7) is 4.16. The minimum atomic E-state index is -1.93. The largest absolute Gasteiger partial charge is 0.497 e. The van der Waals surface area contributed by atoms with Crippen LogP contribution in [0.1, 0.15) is 48.4 Å². The van der Waals surface area contributed by atoms with Gasteiger partial charge in [0.2, 0.25) is 5.91 Å². The van der Waals surface area contributed by atoms with Gasteiger partial charge in [0.05, 0.1) is 38.7 Å². The van der Waals surface area contributed by atoms with E-state index in [2.05, 4.69) is 22.3 Å². The van der Waals surface area contributed by atoms with Crippen molar-refractivity contribution in [1.29, 1.82) is 0 Å². The Hall–Kier alpha value is -5.49. The van der Waals surface area contributed by atoms with Crippen LogP contribution in [0.3, 0.4) is 0 Å². The zero-order valence-corrected chi connectivity index (χ0v) is 31.9. The van der Waals surface area contributed by atoms with Crippen LogP contribution in [-0.2, 0) is 39.5 Å². The number of rotatable bonds is 10. The van der Waals surface area contributed by atoms with E-state index in [1.807, 2.05) is 71.6 Å². The molecule has 8 rings (SSSR count). The monoisotopic (exact) mass is 755 g/mol. The number of carbonyl (C=O) groups is 3. The SMILES string of the molecule is COc1ccc2c(c1)[C@@](O)([C@H](C)/C=C/CC(=O)N1Cc3ccccc3C[C@H]1CO)C(=O)N2Cc1cccc(N2CN(c3ccccc3)C3(CCNCC3)C2=O)c1. The zero-order chi connectivity index (χ0) is 39.0. The number of amides is 3. The van der Waals surface area contributed by atoms with Crippen molar-refractivity contribution in [1.82, 2.24) is 10.2 Å². The molecule has 4 aromatic rings. The van der Waals surface area contributed by atoms with Crippen LogP contribution in [0.5, 0.6) is 5.75 Å². The average molecular weight is 756 g/mol. The van der Waals surface area contributed by atoms with Gasteiger partial charge >= 0.3 is 0 Å². The highest BCUT2D eigenvalue weighted by atomic mass is 16.5. The number of ether oxygens (including phenoxy) is 1. The summed E-state index contributed by atoms with van der Waals surface area (Å²) in [6.07, 6.45) is 5.49. The minimum absolute atomic E-state index is 0.0590. The van der Waals surface area contributed by atoms with Crippen molar-refractivity contribution in [2.24, 2.45) is 5.92 Å². The number of hydrogen-bond donors (Lipinski definition) is 3. The van der Waals surface area contributed by atoms with Gasteiger partial charge in [0, 0.05) is 35.8 Å². The molecule has 56 heavy (non-hydrogen) atoms. The highest BCUT2D eigenvalue weighted by Gasteiger charge is 2.54. The van der Waals surface area contributed by atoms with E-state index in [0.717, 1.165) is 41.2 Å². The topological polar surface area (TPSA) is 126 Å². The number of benzene rings is 4. The van der Waals surface area contributed by atoms with Crippen molar-refractivity contribution in [3.63, 3.8) is 0 Å². The summed E-state index contributed by atoms with van der Waals surface area (Å²) in [5, 5.41) is 25.9. The Balaban J connectivity index is 1.03. The van der Waals surface area contributed by atoms with Crippen LogP contribution < -0.4 is 24.8 Å². The summed E-state index contributed by atoms with van der Waals surface area (Å²) in [7, 11) is 1.54. The van der Waals surface area contributed by atoms with Gasteiger partial charge in [-0.05, 0) is 91.5 Å². The second-order valence-electron chi connectivity index (χ2n) is 15.4. The lowest BCUT2D eigenvalue weighted by Crippen LogP contribution is -2.55. The van der Waals surface area contributed by atoms with Gasteiger partial charge in [-0.15, -0.1) is 0 Å². The van der Waals surface area contributed by atoms with E-state index in [1.165, 1.54) is 0 Å². The fourth-order valence-corrected chi connectivity index (χ4v) is 9.05. The molecule has 0 saturated carbocycles. The van der Waals surface area contributed by atoms with E-state index in [4.69, 9.17) is 4.74 Å². The van der Waals surface area contributed by atoms with E-state index in [9.17, 15) is 24.6 Å². The number of piperidine rings is 1. The number of methoxy groups -OCH3 is 1. The molecule has 11 heteroatoms. The maximum Gasteiger partial charge on any atom is 0.264 e. The van der Waals surface area contributed by atoms with E-state index >= 15 is 0 Å². The molecule has 2 fully saturated rings. The van der Waals surface area contributed by atoms with Crippen LogP contribution in [-0.4, -0.2) is 77.9 Å². The molecule has 0 aromatic heterocycles. The third kappa shape index (κ3) is 6.43. The smallest absolute Gasteiger partial charge is 0.264 e. The fourth-order valence-electron chi connectivity index (χ4n) is 9.05. The molecule has 3 amide bonds. The molecule has 2 saturated heterocycles. The molecule has 0 unspecified atom stereocenters. The van der Waals surface area contributed by atoms with Crippen LogP contribution in [0.4, 0.5) is 17.1 Å². The summed E-state index contributed by atoms with van der Waals surface area (Å²) >= 11 is 0. The maximum atomic E-state index is 14.5. The summed E-state index contributed by atoms with van der Waals surface area (Å²) in [5.41, 5.74) is 3.19. The van der Waals surface area contributed by atoms with Crippen molar-refractivity contribution in [2.45, 2.75) is 62.9 Å². The van der Waals surface area contributed by atoms with Crippen molar-refractivity contribution >= 4 is 34.8 Å². The van der Waals surface area contributed by atoms with E-state index in [0.29, 0.717) is 49.5 Å². The number of hydrogen-bond acceptors (Lipinski definition) is 8. The number of anilines is 3. The van der Waals surface area contributed by atoms with E-state index in [1.54, 1.807) is 54.2 Å². The van der Waals surface area contributed by atoms with Crippen molar-refractivity contribution in [2.75, 3.05) is 48.2 Å². The number of para-hydroxylation sites is 1. The maximum absolute atomic E-state index is 14.5. The van der Waals surface area contributed by atoms with Gasteiger partial charge < -0.3 is 35.0 Å². The standard InChI is InChI=1S/C45H49N5O6/c1-31(10-8-17-41(52)47-28-34-13-7-6-12-33(34)25-37(47)29-51)45(55)39-26-38(56-2)18-19-40(39)48(43(45)54)27-32-11-9-16-36(24-32)49-30-50(35-14-4-3-5-15-35)44(42(49)53)20-22-46-23-21-44/h3-16,18-19,24,26,31,37,46,51,55H,17,20-23,25,27-30H2,1-2H3/b10-8+/t31-,37+,45+/m1/s1. The summed E-state index contributed by atoms with van der Waals surface area (Å²) in [5.74, 6) is -0.741. The first kappa shape index (κ1) is 37.4. The third-order valence-corrected chi connectivity index (χ3v) is 12.2. The number of nitrogens with one attached hydrogen (secondary N) is 1. The van der Waals surface area contributed by atoms with Crippen molar-refractivity contribution in [3.8, 4) is 5.75 Å². The molecule has 0 radical (unpaired) electrons. The first-order valence-electron chi connectivity index (χ1n) is 19.5. The Morgan fingerprint density at radius 1 is 0.929 bits per heavy atom. The van der Waals surface area contributed by atoms with E-state index < -0.39 is 23.0 Å². The van der Waals surface area contributed by atoms with E-state index in [-0.39, 0.29) is 37.4 Å². The first-order chi connectivity index (χ1) is 27.2. The molecule has 290 valence electrons. The molecule has 4 heterocycles. The number of aliphatic hydroxyl groups excluding tert-OH is 1. The first-order valence-corrected chi connectivity index (χ1v) is 19.5. The van der Waals surface area contributed by atoms with Gasteiger partial charge in [0.25, 0.3) is 11.8 Å². The molecule has 0 aliphatic carbocycles. The number of nitrogens with zero attached hydrogens (tertiary/aromatic N) is 4.